The molecule has 9 nitrogen and oxygen atoms in total. The van der Waals surface area contributed by atoms with Gasteiger partial charge in [0.2, 0.25) is 5.88 Å². The van der Waals surface area contributed by atoms with Crippen LogP contribution in [0.3, 0.4) is 0 Å². The molecule has 40 heavy (non-hydrogen) atoms. The van der Waals surface area contributed by atoms with E-state index < -0.39 is 17.4 Å². The monoisotopic (exact) mass is 550 g/mol. The minimum atomic E-state index is -4.51. The molecule has 2 aliphatic rings. The summed E-state index contributed by atoms with van der Waals surface area (Å²) < 4.78 is 47.6. The molecule has 5 heterocycles. The van der Waals surface area contributed by atoms with Crippen molar-refractivity contribution in [3.63, 3.8) is 0 Å². The summed E-state index contributed by atoms with van der Waals surface area (Å²) in [5.74, 6) is 0.0437. The zero-order valence-electron chi connectivity index (χ0n) is 22.0. The Morgan fingerprint density at radius 1 is 1.18 bits per heavy atom. The van der Waals surface area contributed by atoms with E-state index in [0.29, 0.717) is 37.5 Å². The van der Waals surface area contributed by atoms with E-state index in [1.807, 2.05) is 30.1 Å². The molecule has 0 atom stereocenters. The van der Waals surface area contributed by atoms with Gasteiger partial charge in [0.1, 0.15) is 29.3 Å². The number of aromatic nitrogens is 6. The van der Waals surface area contributed by atoms with Gasteiger partial charge in [-0.2, -0.15) is 23.5 Å². The minimum Gasteiger partial charge on any atom is -0.474 e. The number of ether oxygens (including phenoxy) is 1. The molecule has 2 fully saturated rings. The molecular weight excluding hydrogens is 521 g/mol. The van der Waals surface area contributed by atoms with Crippen molar-refractivity contribution in [3.8, 4) is 23.2 Å². The normalized spacial score (nSPS) is 21.2. The van der Waals surface area contributed by atoms with Crippen molar-refractivity contribution in [2.24, 2.45) is 0 Å². The van der Waals surface area contributed by atoms with Crippen LogP contribution in [-0.4, -0.2) is 59.9 Å². The molecule has 4 aromatic heterocycles. The Kier molecular flexibility index (Phi) is 6.70. The molecule has 0 unspecified atom stereocenters. The van der Waals surface area contributed by atoms with Crippen molar-refractivity contribution < 1.29 is 17.9 Å². The van der Waals surface area contributed by atoms with Crippen molar-refractivity contribution in [2.45, 2.75) is 69.3 Å². The van der Waals surface area contributed by atoms with Gasteiger partial charge in [-0.05, 0) is 49.8 Å². The van der Waals surface area contributed by atoms with Crippen LogP contribution in [0.1, 0.15) is 50.3 Å². The highest BCUT2D eigenvalue weighted by molar-refractivity contribution is 5.90. The SMILES string of the molecule is CCc1cc(OC2CCC(N3CC(CC#N)(n4cc(-c5ncnc6[nH]ccc56)cn4)C3)CC2)nc(C(F)(F)F)c1. The van der Waals surface area contributed by atoms with Crippen LogP contribution >= 0.6 is 0 Å². The number of hydrogen-bond donors (Lipinski definition) is 1. The summed E-state index contributed by atoms with van der Waals surface area (Å²) in [6, 6.07) is 7.28. The van der Waals surface area contributed by atoms with E-state index in [0.717, 1.165) is 54.0 Å². The lowest BCUT2D eigenvalue weighted by atomic mass is 9.82. The molecule has 1 aliphatic heterocycles. The van der Waals surface area contributed by atoms with Crippen LogP contribution in [0.2, 0.25) is 0 Å². The third-order valence-electron chi connectivity index (χ3n) is 8.11. The van der Waals surface area contributed by atoms with Gasteiger partial charge < -0.3 is 9.72 Å². The van der Waals surface area contributed by atoms with Gasteiger partial charge in [0.15, 0.2) is 0 Å². The standard InChI is InChI=1S/C28H29F3N8O/c1-2-18-11-23(28(29,30)31)37-24(12-18)40-21-5-3-20(4-6-21)38-15-27(16-38,8-9-32)39-14-19(13-36-39)25-22-7-10-33-26(22)35-17-34-25/h7,10-14,17,20-21H,2-6,8,15-16H2,1H3,(H,33,34,35). The maximum atomic E-state index is 13.3. The fourth-order valence-corrected chi connectivity index (χ4v) is 5.93. The molecule has 12 heteroatoms. The number of aryl methyl sites for hydroxylation is 1. The van der Waals surface area contributed by atoms with Crippen molar-refractivity contribution in [2.75, 3.05) is 13.1 Å². The topological polar surface area (TPSA) is 109 Å². The van der Waals surface area contributed by atoms with Gasteiger partial charge in [-0.3, -0.25) is 9.58 Å². The molecule has 1 N–H and O–H groups in total. The van der Waals surface area contributed by atoms with Crippen LogP contribution in [0.25, 0.3) is 22.3 Å². The number of H-pyrrole nitrogens is 1. The quantitative estimate of drug-likeness (QED) is 0.341. The summed E-state index contributed by atoms with van der Waals surface area (Å²) in [6.45, 7) is 3.22. The molecule has 0 bridgehead atoms. The number of aromatic amines is 1. The van der Waals surface area contributed by atoms with Crippen LogP contribution in [-0.2, 0) is 18.1 Å². The Balaban J connectivity index is 1.09. The summed E-state index contributed by atoms with van der Waals surface area (Å²) in [6.07, 6.45) is 6.42. The molecule has 0 aromatic carbocycles. The largest absolute Gasteiger partial charge is 0.474 e. The Morgan fingerprint density at radius 3 is 2.70 bits per heavy atom. The summed E-state index contributed by atoms with van der Waals surface area (Å²) in [5.41, 5.74) is 1.65. The Labute approximate surface area is 229 Å². The first-order valence-electron chi connectivity index (χ1n) is 13.5. The van der Waals surface area contributed by atoms with Crippen molar-refractivity contribution in [1.82, 2.24) is 34.6 Å². The number of likely N-dealkylation sites (tertiary alicyclic amines) is 1. The van der Waals surface area contributed by atoms with Gasteiger partial charge in [-0.15, -0.1) is 0 Å². The molecular formula is C28H29F3N8O. The molecule has 1 saturated carbocycles. The lowest BCUT2D eigenvalue weighted by Gasteiger charge is -2.53. The van der Waals surface area contributed by atoms with Crippen molar-refractivity contribution in [3.05, 3.63) is 54.4 Å². The number of hydrogen-bond acceptors (Lipinski definition) is 7. The third-order valence-corrected chi connectivity index (χ3v) is 8.11. The average Bonchev–Trinajstić information content (AvgIpc) is 3.61. The number of nitriles is 1. The molecule has 1 aliphatic carbocycles. The summed E-state index contributed by atoms with van der Waals surface area (Å²) >= 11 is 0. The fraction of sp³-hybridized carbons (Fsp3) is 0.464. The number of alkyl halides is 3. The van der Waals surface area contributed by atoms with Crippen LogP contribution in [0.15, 0.2) is 43.1 Å². The second kappa shape index (κ2) is 10.2. The van der Waals surface area contributed by atoms with Crippen LogP contribution in [0, 0.1) is 11.3 Å². The van der Waals surface area contributed by atoms with E-state index in [1.165, 1.54) is 6.33 Å². The highest BCUT2D eigenvalue weighted by Gasteiger charge is 2.48. The van der Waals surface area contributed by atoms with Crippen LogP contribution in [0.5, 0.6) is 5.88 Å². The van der Waals surface area contributed by atoms with E-state index in [1.54, 1.807) is 12.3 Å². The second-order valence-corrected chi connectivity index (χ2v) is 10.7. The number of pyridine rings is 1. The lowest BCUT2D eigenvalue weighted by molar-refractivity contribution is -0.141. The zero-order chi connectivity index (χ0) is 27.9. The van der Waals surface area contributed by atoms with E-state index >= 15 is 0 Å². The maximum Gasteiger partial charge on any atom is 0.433 e. The first kappa shape index (κ1) is 26.3. The Bertz CT molecular complexity index is 1540. The highest BCUT2D eigenvalue weighted by Crippen LogP contribution is 2.39. The number of halogens is 3. The summed E-state index contributed by atoms with van der Waals surface area (Å²) in [4.78, 5) is 17.9. The molecule has 208 valence electrons. The Morgan fingerprint density at radius 2 is 1.98 bits per heavy atom. The highest BCUT2D eigenvalue weighted by atomic mass is 19.4. The molecule has 1 saturated heterocycles. The molecule has 0 amide bonds. The van der Waals surface area contributed by atoms with Gasteiger partial charge in [0, 0.05) is 48.5 Å². The van der Waals surface area contributed by atoms with Crippen LogP contribution in [0.4, 0.5) is 13.2 Å². The first-order valence-corrected chi connectivity index (χ1v) is 13.5. The summed E-state index contributed by atoms with van der Waals surface area (Å²) in [7, 11) is 0. The molecule has 0 spiro atoms. The smallest absolute Gasteiger partial charge is 0.433 e. The van der Waals surface area contributed by atoms with Crippen molar-refractivity contribution >= 4 is 11.0 Å². The number of nitrogens with one attached hydrogen (secondary N) is 1. The lowest BCUT2D eigenvalue weighted by Crippen LogP contribution is -2.65. The molecule has 4 aromatic rings. The first-order chi connectivity index (χ1) is 19.3. The van der Waals surface area contributed by atoms with Gasteiger partial charge >= 0.3 is 6.18 Å². The van der Waals surface area contributed by atoms with Gasteiger partial charge in [0.05, 0.1) is 24.4 Å². The second-order valence-electron chi connectivity index (χ2n) is 10.7. The minimum absolute atomic E-state index is 0.0437. The van der Waals surface area contributed by atoms with E-state index in [-0.39, 0.29) is 12.0 Å². The predicted molar refractivity (Wildman–Crippen MR) is 140 cm³/mol. The van der Waals surface area contributed by atoms with Gasteiger partial charge in [0.25, 0.3) is 0 Å². The number of rotatable bonds is 7. The maximum absolute atomic E-state index is 13.3. The number of fused-ring (bicyclic) bond motifs is 1. The average molecular weight is 551 g/mol. The van der Waals surface area contributed by atoms with E-state index in [2.05, 4.69) is 36.0 Å². The third kappa shape index (κ3) is 4.90. The number of nitrogens with zero attached hydrogens (tertiary/aromatic N) is 7. The summed E-state index contributed by atoms with van der Waals surface area (Å²) in [5, 5.41) is 15.2. The molecule has 6 rings (SSSR count). The fourth-order valence-electron chi connectivity index (χ4n) is 5.93. The Hall–Kier alpha value is -3.98. The van der Waals surface area contributed by atoms with Crippen LogP contribution < -0.4 is 4.74 Å². The predicted octanol–water partition coefficient (Wildman–Crippen LogP) is 5.11. The zero-order valence-corrected chi connectivity index (χ0v) is 22.0. The van der Waals surface area contributed by atoms with Gasteiger partial charge in [-0.1, -0.05) is 6.92 Å². The van der Waals surface area contributed by atoms with E-state index in [9.17, 15) is 18.4 Å². The van der Waals surface area contributed by atoms with Crippen molar-refractivity contribution in [1.29, 1.82) is 5.26 Å². The molecule has 0 radical (unpaired) electrons. The van der Waals surface area contributed by atoms with Gasteiger partial charge in [-0.25, -0.2) is 15.0 Å². The van der Waals surface area contributed by atoms with E-state index in [4.69, 9.17) is 4.74 Å².